The van der Waals surface area contributed by atoms with E-state index in [1.807, 2.05) is 24.3 Å². The summed E-state index contributed by atoms with van der Waals surface area (Å²) in [4.78, 5) is 30.5. The SMILES string of the molecule is CC(=O)N(CC(=O)NCc1ccc(F)cc1)c1ccc(N2CCN(C)CC2)cc1. The summed E-state index contributed by atoms with van der Waals surface area (Å²) >= 11 is 0. The highest BCUT2D eigenvalue weighted by Gasteiger charge is 2.18. The maximum atomic E-state index is 13.0. The fraction of sp³-hybridized carbons (Fsp3) is 0.364. The molecule has 1 aliphatic rings. The number of benzene rings is 2. The molecule has 7 heteroatoms. The van der Waals surface area contributed by atoms with Gasteiger partial charge in [-0.15, -0.1) is 0 Å². The Labute approximate surface area is 170 Å². The largest absolute Gasteiger partial charge is 0.369 e. The van der Waals surface area contributed by atoms with E-state index >= 15 is 0 Å². The van der Waals surface area contributed by atoms with Gasteiger partial charge in [0.05, 0.1) is 0 Å². The van der Waals surface area contributed by atoms with Crippen molar-refractivity contribution in [3.05, 3.63) is 59.9 Å². The van der Waals surface area contributed by atoms with Crippen LogP contribution in [0.5, 0.6) is 0 Å². The number of piperazine rings is 1. The fourth-order valence-corrected chi connectivity index (χ4v) is 3.29. The standard InChI is InChI=1S/C22H27FN4O2/c1-17(28)27(16-22(29)24-15-18-3-5-19(23)6-4-18)21-9-7-20(8-10-21)26-13-11-25(2)12-14-26/h3-10H,11-16H2,1-2H3,(H,24,29). The van der Waals surface area contributed by atoms with Gasteiger partial charge >= 0.3 is 0 Å². The van der Waals surface area contributed by atoms with Crippen LogP contribution in [-0.4, -0.2) is 56.5 Å². The predicted molar refractivity (Wildman–Crippen MR) is 112 cm³/mol. The van der Waals surface area contributed by atoms with Crippen LogP contribution in [0.2, 0.25) is 0 Å². The smallest absolute Gasteiger partial charge is 0.240 e. The van der Waals surface area contributed by atoms with Crippen molar-refractivity contribution in [3.8, 4) is 0 Å². The number of rotatable bonds is 6. The van der Waals surface area contributed by atoms with Gasteiger partial charge in [0.25, 0.3) is 0 Å². The molecule has 2 aromatic carbocycles. The second kappa shape index (κ2) is 9.52. The van der Waals surface area contributed by atoms with Crippen molar-refractivity contribution in [2.45, 2.75) is 13.5 Å². The summed E-state index contributed by atoms with van der Waals surface area (Å²) in [5.41, 5.74) is 2.60. The van der Waals surface area contributed by atoms with Crippen LogP contribution in [0.25, 0.3) is 0 Å². The number of halogens is 1. The molecule has 29 heavy (non-hydrogen) atoms. The molecular weight excluding hydrogens is 371 g/mol. The fourth-order valence-electron chi connectivity index (χ4n) is 3.29. The average molecular weight is 398 g/mol. The molecule has 0 aliphatic carbocycles. The number of hydrogen-bond donors (Lipinski definition) is 1. The number of nitrogens with one attached hydrogen (secondary N) is 1. The molecule has 2 amide bonds. The van der Waals surface area contributed by atoms with Gasteiger partial charge in [0, 0.05) is 51.0 Å². The van der Waals surface area contributed by atoms with E-state index in [-0.39, 0.29) is 30.7 Å². The minimum Gasteiger partial charge on any atom is -0.369 e. The number of nitrogens with zero attached hydrogens (tertiary/aromatic N) is 3. The Balaban J connectivity index is 1.59. The number of anilines is 2. The zero-order valence-electron chi connectivity index (χ0n) is 16.9. The number of likely N-dealkylation sites (N-methyl/N-ethyl adjacent to an activating group) is 1. The van der Waals surface area contributed by atoms with Crippen LogP contribution in [0.4, 0.5) is 15.8 Å². The molecule has 1 heterocycles. The van der Waals surface area contributed by atoms with E-state index in [4.69, 9.17) is 0 Å². The zero-order chi connectivity index (χ0) is 20.8. The quantitative estimate of drug-likeness (QED) is 0.811. The van der Waals surface area contributed by atoms with E-state index in [1.165, 1.54) is 24.0 Å². The number of hydrogen-bond acceptors (Lipinski definition) is 4. The number of carbonyl (C=O) groups is 2. The van der Waals surface area contributed by atoms with Gasteiger partial charge in [-0.2, -0.15) is 0 Å². The lowest BCUT2D eigenvalue weighted by atomic mass is 10.2. The summed E-state index contributed by atoms with van der Waals surface area (Å²) in [6.07, 6.45) is 0. The summed E-state index contributed by atoms with van der Waals surface area (Å²) in [6, 6.07) is 13.7. The molecule has 0 saturated carbocycles. The van der Waals surface area contributed by atoms with Crippen molar-refractivity contribution >= 4 is 23.2 Å². The van der Waals surface area contributed by atoms with Crippen LogP contribution >= 0.6 is 0 Å². The van der Waals surface area contributed by atoms with Crippen LogP contribution in [0.3, 0.4) is 0 Å². The van der Waals surface area contributed by atoms with Crippen molar-refractivity contribution in [2.75, 3.05) is 49.6 Å². The lowest BCUT2D eigenvalue weighted by molar-refractivity contribution is -0.123. The average Bonchev–Trinajstić information content (AvgIpc) is 2.72. The first kappa shape index (κ1) is 20.8. The Bertz CT molecular complexity index is 831. The first-order valence-corrected chi connectivity index (χ1v) is 9.75. The highest BCUT2D eigenvalue weighted by atomic mass is 19.1. The molecule has 1 aliphatic heterocycles. The molecule has 1 fully saturated rings. The second-order valence-electron chi connectivity index (χ2n) is 7.32. The number of amides is 2. The molecule has 0 bridgehead atoms. The topological polar surface area (TPSA) is 55.9 Å². The predicted octanol–water partition coefficient (Wildman–Crippen LogP) is 2.25. The van der Waals surface area contributed by atoms with E-state index in [1.54, 1.807) is 12.1 Å². The van der Waals surface area contributed by atoms with Gasteiger partial charge in [-0.1, -0.05) is 12.1 Å². The van der Waals surface area contributed by atoms with E-state index in [9.17, 15) is 14.0 Å². The molecule has 2 aromatic rings. The summed E-state index contributed by atoms with van der Waals surface area (Å²) in [6.45, 7) is 5.65. The summed E-state index contributed by atoms with van der Waals surface area (Å²) < 4.78 is 13.0. The number of carbonyl (C=O) groups excluding carboxylic acids is 2. The minimum atomic E-state index is -0.317. The van der Waals surface area contributed by atoms with Gasteiger partial charge in [0.15, 0.2) is 0 Å². The monoisotopic (exact) mass is 398 g/mol. The normalized spacial score (nSPS) is 14.5. The molecule has 6 nitrogen and oxygen atoms in total. The van der Waals surface area contributed by atoms with E-state index < -0.39 is 0 Å². The van der Waals surface area contributed by atoms with Gasteiger partial charge < -0.3 is 20.0 Å². The van der Waals surface area contributed by atoms with E-state index in [0.29, 0.717) is 5.69 Å². The van der Waals surface area contributed by atoms with Crippen LogP contribution in [0, 0.1) is 5.82 Å². The molecule has 0 radical (unpaired) electrons. The van der Waals surface area contributed by atoms with Gasteiger partial charge in [-0.25, -0.2) is 4.39 Å². The maximum absolute atomic E-state index is 13.0. The molecular formula is C22H27FN4O2. The van der Waals surface area contributed by atoms with E-state index in [0.717, 1.165) is 37.4 Å². The van der Waals surface area contributed by atoms with Gasteiger partial charge in [0.1, 0.15) is 12.4 Å². The van der Waals surface area contributed by atoms with Crippen LogP contribution in [0.1, 0.15) is 12.5 Å². The Morgan fingerprint density at radius 3 is 2.21 bits per heavy atom. The van der Waals surface area contributed by atoms with Gasteiger partial charge in [-0.05, 0) is 49.0 Å². The van der Waals surface area contributed by atoms with Crippen LogP contribution < -0.4 is 15.1 Å². The lowest BCUT2D eigenvalue weighted by Crippen LogP contribution is -2.44. The molecule has 1 N–H and O–H groups in total. The molecule has 154 valence electrons. The Morgan fingerprint density at radius 1 is 1.00 bits per heavy atom. The minimum absolute atomic E-state index is 0.0651. The maximum Gasteiger partial charge on any atom is 0.240 e. The van der Waals surface area contributed by atoms with Crippen LogP contribution in [-0.2, 0) is 16.1 Å². The Kier molecular flexibility index (Phi) is 6.82. The van der Waals surface area contributed by atoms with Crippen LogP contribution in [0.15, 0.2) is 48.5 Å². The molecule has 0 aromatic heterocycles. The summed E-state index contributed by atoms with van der Waals surface area (Å²) in [5, 5.41) is 2.77. The van der Waals surface area contributed by atoms with E-state index in [2.05, 4.69) is 22.2 Å². The summed E-state index contributed by atoms with van der Waals surface area (Å²) in [7, 11) is 2.12. The third-order valence-corrected chi connectivity index (χ3v) is 5.11. The summed E-state index contributed by atoms with van der Waals surface area (Å²) in [5.74, 6) is -0.787. The second-order valence-corrected chi connectivity index (χ2v) is 7.32. The molecule has 0 atom stereocenters. The van der Waals surface area contributed by atoms with Crippen molar-refractivity contribution in [2.24, 2.45) is 0 Å². The molecule has 0 unspecified atom stereocenters. The van der Waals surface area contributed by atoms with Crippen molar-refractivity contribution in [1.29, 1.82) is 0 Å². The highest BCUT2D eigenvalue weighted by Crippen LogP contribution is 2.22. The zero-order valence-corrected chi connectivity index (χ0v) is 16.9. The van der Waals surface area contributed by atoms with Crippen molar-refractivity contribution in [1.82, 2.24) is 10.2 Å². The highest BCUT2D eigenvalue weighted by molar-refractivity contribution is 5.97. The van der Waals surface area contributed by atoms with Gasteiger partial charge in [0.2, 0.25) is 11.8 Å². The third kappa shape index (κ3) is 5.77. The van der Waals surface area contributed by atoms with Gasteiger partial charge in [-0.3, -0.25) is 9.59 Å². The first-order chi connectivity index (χ1) is 13.9. The lowest BCUT2D eigenvalue weighted by Gasteiger charge is -2.34. The Morgan fingerprint density at radius 2 is 1.62 bits per heavy atom. The Hall–Kier alpha value is -2.93. The van der Waals surface area contributed by atoms with Crippen molar-refractivity contribution in [3.63, 3.8) is 0 Å². The first-order valence-electron chi connectivity index (χ1n) is 9.75. The molecule has 0 spiro atoms. The van der Waals surface area contributed by atoms with Crippen molar-refractivity contribution < 1.29 is 14.0 Å². The molecule has 1 saturated heterocycles. The molecule has 3 rings (SSSR count). The third-order valence-electron chi connectivity index (χ3n) is 5.11.